The minimum absolute atomic E-state index is 0.122. The molecule has 0 aliphatic heterocycles. The zero-order valence-electron chi connectivity index (χ0n) is 11.4. The third-order valence-corrected chi connectivity index (χ3v) is 2.97. The minimum Gasteiger partial charge on any atom is -0.490 e. The molecule has 0 atom stereocenters. The number of halogens is 1. The Morgan fingerprint density at radius 1 is 1.14 bits per heavy atom. The number of nitro benzene ring substituents is 1. The number of benzene rings is 2. The van der Waals surface area contributed by atoms with E-state index < -0.39 is 4.92 Å². The SMILES string of the molecule is O=Cc1cc([N+](=O)[O-])ccc1OCCOc1cccc(Cl)c1. The first-order chi connectivity index (χ1) is 10.6. The van der Waals surface area contributed by atoms with Crippen LogP contribution in [0.5, 0.6) is 11.5 Å². The molecule has 0 heterocycles. The van der Waals surface area contributed by atoms with E-state index in [2.05, 4.69) is 0 Å². The van der Waals surface area contributed by atoms with Gasteiger partial charge in [-0.1, -0.05) is 17.7 Å². The molecule has 0 aliphatic rings. The number of carbonyl (C=O) groups excluding carboxylic acids is 1. The number of hydrogen-bond donors (Lipinski definition) is 0. The Hall–Kier alpha value is -2.60. The standard InChI is InChI=1S/C15H12ClNO5/c16-12-2-1-3-14(9-12)21-6-7-22-15-5-4-13(17(19)20)8-11(15)10-18/h1-5,8-10H,6-7H2. The van der Waals surface area contributed by atoms with Gasteiger partial charge in [-0.05, 0) is 24.3 Å². The highest BCUT2D eigenvalue weighted by molar-refractivity contribution is 6.30. The van der Waals surface area contributed by atoms with Crippen LogP contribution in [-0.4, -0.2) is 24.4 Å². The van der Waals surface area contributed by atoms with E-state index in [1.807, 2.05) is 0 Å². The largest absolute Gasteiger partial charge is 0.490 e. The van der Waals surface area contributed by atoms with Gasteiger partial charge in [0.2, 0.25) is 0 Å². The summed E-state index contributed by atoms with van der Waals surface area (Å²) in [6.07, 6.45) is 0.514. The highest BCUT2D eigenvalue weighted by Gasteiger charge is 2.11. The molecule has 0 saturated heterocycles. The smallest absolute Gasteiger partial charge is 0.270 e. The Balaban J connectivity index is 1.91. The first-order valence-corrected chi connectivity index (χ1v) is 6.73. The summed E-state index contributed by atoms with van der Waals surface area (Å²) >= 11 is 5.83. The van der Waals surface area contributed by atoms with E-state index in [1.165, 1.54) is 18.2 Å². The highest BCUT2D eigenvalue weighted by Crippen LogP contribution is 2.23. The molecule has 0 unspecified atom stereocenters. The van der Waals surface area contributed by atoms with E-state index >= 15 is 0 Å². The summed E-state index contributed by atoms with van der Waals surface area (Å²) in [7, 11) is 0. The Labute approximate surface area is 131 Å². The molecule has 2 aromatic carbocycles. The molecule has 22 heavy (non-hydrogen) atoms. The maximum atomic E-state index is 10.9. The Kier molecular flexibility index (Phi) is 5.32. The lowest BCUT2D eigenvalue weighted by Gasteiger charge is -2.10. The van der Waals surface area contributed by atoms with Crippen LogP contribution < -0.4 is 9.47 Å². The predicted octanol–water partition coefficient (Wildman–Crippen LogP) is 3.52. The predicted molar refractivity (Wildman–Crippen MR) is 80.9 cm³/mol. The van der Waals surface area contributed by atoms with Crippen LogP contribution in [0.4, 0.5) is 5.69 Å². The average molecular weight is 322 g/mol. The van der Waals surface area contributed by atoms with Crippen molar-refractivity contribution in [3.05, 3.63) is 63.2 Å². The zero-order valence-corrected chi connectivity index (χ0v) is 12.2. The fourth-order valence-corrected chi connectivity index (χ4v) is 1.92. The van der Waals surface area contributed by atoms with Crippen LogP contribution in [-0.2, 0) is 0 Å². The number of non-ortho nitro benzene ring substituents is 1. The number of hydrogen-bond acceptors (Lipinski definition) is 5. The van der Waals surface area contributed by atoms with Crippen molar-refractivity contribution in [2.75, 3.05) is 13.2 Å². The number of nitro groups is 1. The van der Waals surface area contributed by atoms with Gasteiger partial charge in [-0.3, -0.25) is 14.9 Å². The lowest BCUT2D eigenvalue weighted by atomic mass is 10.2. The fraction of sp³-hybridized carbons (Fsp3) is 0.133. The van der Waals surface area contributed by atoms with Crippen LogP contribution in [0.2, 0.25) is 5.02 Å². The van der Waals surface area contributed by atoms with E-state index in [-0.39, 0.29) is 30.2 Å². The Morgan fingerprint density at radius 2 is 1.91 bits per heavy atom. The number of carbonyl (C=O) groups is 1. The zero-order chi connectivity index (χ0) is 15.9. The topological polar surface area (TPSA) is 78.7 Å². The highest BCUT2D eigenvalue weighted by atomic mass is 35.5. The van der Waals surface area contributed by atoms with E-state index in [9.17, 15) is 14.9 Å². The molecule has 0 spiro atoms. The first-order valence-electron chi connectivity index (χ1n) is 6.35. The lowest BCUT2D eigenvalue weighted by Crippen LogP contribution is -2.10. The summed E-state index contributed by atoms with van der Waals surface area (Å²) in [5, 5.41) is 11.2. The quantitative estimate of drug-likeness (QED) is 0.337. The molecule has 7 heteroatoms. The van der Waals surface area contributed by atoms with Crippen LogP contribution in [0, 0.1) is 10.1 Å². The summed E-state index contributed by atoms with van der Waals surface area (Å²) in [6, 6.07) is 10.8. The molecule has 114 valence electrons. The Morgan fingerprint density at radius 3 is 2.59 bits per heavy atom. The van der Waals surface area contributed by atoms with Gasteiger partial charge in [0, 0.05) is 17.2 Å². The summed E-state index contributed by atoms with van der Waals surface area (Å²) < 4.78 is 10.8. The third-order valence-electron chi connectivity index (χ3n) is 2.74. The number of rotatable bonds is 7. The van der Waals surface area contributed by atoms with Crippen LogP contribution in [0.15, 0.2) is 42.5 Å². The molecule has 0 radical (unpaired) electrons. The molecular weight excluding hydrogens is 310 g/mol. The summed E-state index contributed by atoms with van der Waals surface area (Å²) in [6.45, 7) is 0.431. The van der Waals surface area contributed by atoms with Gasteiger partial charge in [0.05, 0.1) is 10.5 Å². The van der Waals surface area contributed by atoms with Crippen LogP contribution in [0.3, 0.4) is 0 Å². The summed E-state index contributed by atoms with van der Waals surface area (Å²) in [5.74, 6) is 0.880. The van der Waals surface area contributed by atoms with Gasteiger partial charge >= 0.3 is 0 Å². The number of aldehydes is 1. The van der Waals surface area contributed by atoms with Gasteiger partial charge in [0.1, 0.15) is 24.7 Å². The van der Waals surface area contributed by atoms with E-state index in [1.54, 1.807) is 24.3 Å². The molecule has 0 N–H and O–H groups in total. The van der Waals surface area contributed by atoms with Crippen molar-refractivity contribution in [2.24, 2.45) is 0 Å². The van der Waals surface area contributed by atoms with E-state index in [0.717, 1.165) is 0 Å². The molecule has 2 rings (SSSR count). The van der Waals surface area contributed by atoms with Crippen LogP contribution >= 0.6 is 11.6 Å². The van der Waals surface area contributed by atoms with Crippen molar-refractivity contribution in [3.63, 3.8) is 0 Å². The van der Waals surface area contributed by atoms with Gasteiger partial charge in [0.25, 0.3) is 5.69 Å². The summed E-state index contributed by atoms with van der Waals surface area (Å²) in [4.78, 5) is 21.0. The van der Waals surface area contributed by atoms with Crippen molar-refractivity contribution in [1.29, 1.82) is 0 Å². The second-order valence-electron chi connectivity index (χ2n) is 4.25. The second kappa shape index (κ2) is 7.42. The maximum absolute atomic E-state index is 10.9. The average Bonchev–Trinajstić information content (AvgIpc) is 2.51. The van der Waals surface area contributed by atoms with Gasteiger partial charge in [0.15, 0.2) is 6.29 Å². The van der Waals surface area contributed by atoms with Gasteiger partial charge in [-0.15, -0.1) is 0 Å². The maximum Gasteiger partial charge on any atom is 0.270 e. The number of ether oxygens (including phenoxy) is 2. The second-order valence-corrected chi connectivity index (χ2v) is 4.69. The van der Waals surface area contributed by atoms with Gasteiger partial charge in [-0.2, -0.15) is 0 Å². The summed E-state index contributed by atoms with van der Waals surface area (Å²) in [5.41, 5.74) is -0.0402. The Bertz CT molecular complexity index is 689. The number of nitrogens with zero attached hydrogens (tertiary/aromatic N) is 1. The van der Waals surface area contributed by atoms with E-state index in [0.29, 0.717) is 17.1 Å². The monoisotopic (exact) mass is 321 g/mol. The van der Waals surface area contributed by atoms with Crippen molar-refractivity contribution >= 4 is 23.6 Å². The fourth-order valence-electron chi connectivity index (χ4n) is 1.74. The molecule has 0 fully saturated rings. The van der Waals surface area contributed by atoms with E-state index in [4.69, 9.17) is 21.1 Å². The van der Waals surface area contributed by atoms with Gasteiger partial charge in [-0.25, -0.2) is 0 Å². The van der Waals surface area contributed by atoms with Crippen LogP contribution in [0.25, 0.3) is 0 Å². The lowest BCUT2D eigenvalue weighted by molar-refractivity contribution is -0.384. The molecule has 0 saturated carbocycles. The molecule has 6 nitrogen and oxygen atoms in total. The minimum atomic E-state index is -0.570. The van der Waals surface area contributed by atoms with Crippen molar-refractivity contribution in [3.8, 4) is 11.5 Å². The van der Waals surface area contributed by atoms with Crippen molar-refractivity contribution in [2.45, 2.75) is 0 Å². The molecule has 0 bridgehead atoms. The molecular formula is C15H12ClNO5. The molecule has 0 amide bonds. The third kappa shape index (κ3) is 4.20. The first kappa shape index (κ1) is 15.8. The normalized spacial score (nSPS) is 10.0. The van der Waals surface area contributed by atoms with Crippen molar-refractivity contribution in [1.82, 2.24) is 0 Å². The molecule has 0 aromatic heterocycles. The molecule has 0 aliphatic carbocycles. The van der Waals surface area contributed by atoms with Crippen LogP contribution in [0.1, 0.15) is 10.4 Å². The molecule has 2 aromatic rings. The van der Waals surface area contributed by atoms with Gasteiger partial charge < -0.3 is 9.47 Å². The van der Waals surface area contributed by atoms with Crippen molar-refractivity contribution < 1.29 is 19.2 Å².